The van der Waals surface area contributed by atoms with Gasteiger partial charge in [0.2, 0.25) is 0 Å². The number of benzene rings is 9. The van der Waals surface area contributed by atoms with Gasteiger partial charge in [-0.2, -0.15) is 0 Å². The van der Waals surface area contributed by atoms with E-state index in [1.54, 1.807) is 0 Å². The van der Waals surface area contributed by atoms with Crippen LogP contribution in [0.25, 0.3) is 117 Å². The topological polar surface area (TPSA) is 40.0 Å². The van der Waals surface area contributed by atoms with Crippen molar-refractivity contribution in [1.82, 2.24) is 23.5 Å². The molecule has 304 valence electrons. The van der Waals surface area contributed by atoms with E-state index in [2.05, 4.69) is 226 Å². The summed E-state index contributed by atoms with van der Waals surface area (Å²) in [4.78, 5) is 10.0. The Morgan fingerprint density at radius 2 is 0.985 bits per heavy atom. The molecule has 0 saturated heterocycles. The van der Waals surface area contributed by atoms with Gasteiger partial charge >= 0.3 is 0 Å². The van der Waals surface area contributed by atoms with E-state index in [9.17, 15) is 0 Å². The highest BCUT2D eigenvalue weighted by molar-refractivity contribution is 6.17. The van der Waals surface area contributed by atoms with Crippen LogP contribution < -0.4 is 0 Å². The second kappa shape index (κ2) is 14.9. The third kappa shape index (κ3) is 6.16. The van der Waals surface area contributed by atoms with E-state index in [0.29, 0.717) is 0 Å². The van der Waals surface area contributed by atoms with Gasteiger partial charge in [0, 0.05) is 45.8 Å². The summed E-state index contributed by atoms with van der Waals surface area (Å²) in [6, 6.07) is 80.6. The zero-order valence-electron chi connectivity index (χ0n) is 35.3. The average molecular weight is 830 g/mol. The number of fused-ring (bicyclic) bond motifs is 6. The first-order valence-electron chi connectivity index (χ1n) is 22.1. The lowest BCUT2D eigenvalue weighted by Crippen LogP contribution is -1.99. The third-order valence-electron chi connectivity index (χ3n) is 12.9. The van der Waals surface area contributed by atoms with Crippen LogP contribution in [0.3, 0.4) is 0 Å². The SMILES string of the molecule is c1ccc(-c2c(-c3ccccc3)n(-c3ccc(-c4nc5ccccc5n4-c4ccccc4)cc3)c3cc4ccc5cc(-c6ccc(-c7cn8ccccc8n7)cc6)ccc5c4cc23)cc1. The largest absolute Gasteiger partial charge is 0.309 e. The van der Waals surface area contributed by atoms with Crippen LogP contribution in [0, 0.1) is 0 Å². The van der Waals surface area contributed by atoms with Crippen molar-refractivity contribution in [2.75, 3.05) is 0 Å². The summed E-state index contributed by atoms with van der Waals surface area (Å²) in [7, 11) is 0. The molecule has 5 nitrogen and oxygen atoms in total. The van der Waals surface area contributed by atoms with Gasteiger partial charge in [-0.25, -0.2) is 9.97 Å². The lowest BCUT2D eigenvalue weighted by atomic mass is 9.94. The molecule has 0 unspecified atom stereocenters. The number of imidazole rings is 2. The van der Waals surface area contributed by atoms with Gasteiger partial charge in [-0.15, -0.1) is 0 Å². The Kier molecular flexibility index (Phi) is 8.46. The van der Waals surface area contributed by atoms with Crippen molar-refractivity contribution in [2.45, 2.75) is 0 Å². The molecular formula is C60H39N5. The molecule has 0 atom stereocenters. The zero-order valence-corrected chi connectivity index (χ0v) is 35.3. The maximum absolute atomic E-state index is 5.18. The van der Waals surface area contributed by atoms with Crippen molar-refractivity contribution in [3.8, 4) is 67.5 Å². The van der Waals surface area contributed by atoms with Gasteiger partial charge in [0.05, 0.1) is 27.9 Å². The van der Waals surface area contributed by atoms with Crippen LogP contribution in [-0.4, -0.2) is 23.5 Å². The maximum Gasteiger partial charge on any atom is 0.145 e. The van der Waals surface area contributed by atoms with Gasteiger partial charge in [-0.1, -0.05) is 146 Å². The summed E-state index contributed by atoms with van der Waals surface area (Å²) >= 11 is 0. The highest BCUT2D eigenvalue weighted by atomic mass is 15.1. The van der Waals surface area contributed by atoms with Crippen LogP contribution in [-0.2, 0) is 0 Å². The molecule has 0 amide bonds. The number of nitrogens with zero attached hydrogens (tertiary/aromatic N) is 5. The predicted octanol–water partition coefficient (Wildman–Crippen LogP) is 15.3. The van der Waals surface area contributed by atoms with Crippen LogP contribution in [0.15, 0.2) is 237 Å². The van der Waals surface area contributed by atoms with E-state index < -0.39 is 0 Å². The second-order valence-corrected chi connectivity index (χ2v) is 16.7. The second-order valence-electron chi connectivity index (χ2n) is 16.7. The van der Waals surface area contributed by atoms with Gasteiger partial charge in [-0.3, -0.25) is 4.57 Å². The Morgan fingerprint density at radius 3 is 1.75 bits per heavy atom. The molecule has 0 N–H and O–H groups in total. The summed E-state index contributed by atoms with van der Waals surface area (Å²) in [5.74, 6) is 0.913. The fourth-order valence-electron chi connectivity index (χ4n) is 9.79. The van der Waals surface area contributed by atoms with Crippen molar-refractivity contribution in [1.29, 1.82) is 0 Å². The molecule has 5 heteroatoms. The van der Waals surface area contributed by atoms with E-state index >= 15 is 0 Å². The first-order valence-corrected chi connectivity index (χ1v) is 22.1. The Morgan fingerprint density at radius 1 is 0.354 bits per heavy atom. The first-order chi connectivity index (χ1) is 32.2. The van der Waals surface area contributed by atoms with E-state index in [-0.39, 0.29) is 0 Å². The minimum atomic E-state index is 0.913. The molecule has 0 saturated carbocycles. The quantitative estimate of drug-likeness (QED) is 0.150. The van der Waals surface area contributed by atoms with Crippen LogP contribution in [0.5, 0.6) is 0 Å². The number of rotatable bonds is 7. The molecule has 0 aliphatic heterocycles. The summed E-state index contributed by atoms with van der Waals surface area (Å²) < 4.78 is 6.78. The standard InChI is InChI=1S/C60H39N5/c1-4-14-42(15-5-1)58-52-38-51-47(28-27-46-36-45(31-34-50(46)51)40-23-25-41(26-24-40)54-39-63-35-13-12-22-57(63)61-54)37-56(52)64(59(58)43-16-6-2-7-17-43)49-32-29-44(30-33-49)60-62-53-20-10-11-21-55(53)65(60)48-18-8-3-9-19-48/h1-39H. The molecule has 9 aromatic carbocycles. The summed E-state index contributed by atoms with van der Waals surface area (Å²) in [6.45, 7) is 0. The first kappa shape index (κ1) is 36.8. The molecular weight excluding hydrogens is 791 g/mol. The van der Waals surface area contributed by atoms with Crippen molar-refractivity contribution in [3.05, 3.63) is 237 Å². The molecule has 0 bridgehead atoms. The molecule has 13 aromatic rings. The molecule has 0 radical (unpaired) electrons. The zero-order chi connectivity index (χ0) is 42.8. The van der Waals surface area contributed by atoms with Crippen LogP contribution in [0.1, 0.15) is 0 Å². The normalized spacial score (nSPS) is 11.7. The molecule has 0 aliphatic carbocycles. The lowest BCUT2D eigenvalue weighted by molar-refractivity contribution is 1.10. The van der Waals surface area contributed by atoms with Crippen LogP contribution in [0.4, 0.5) is 0 Å². The van der Waals surface area contributed by atoms with Gasteiger partial charge in [0.15, 0.2) is 0 Å². The van der Waals surface area contributed by atoms with E-state index in [0.717, 1.165) is 67.5 Å². The van der Waals surface area contributed by atoms with E-state index in [4.69, 9.17) is 9.97 Å². The van der Waals surface area contributed by atoms with Crippen molar-refractivity contribution < 1.29 is 0 Å². The minimum Gasteiger partial charge on any atom is -0.309 e. The fraction of sp³-hybridized carbons (Fsp3) is 0. The van der Waals surface area contributed by atoms with Crippen molar-refractivity contribution >= 4 is 49.1 Å². The van der Waals surface area contributed by atoms with Crippen molar-refractivity contribution in [3.63, 3.8) is 0 Å². The highest BCUT2D eigenvalue weighted by Gasteiger charge is 2.23. The van der Waals surface area contributed by atoms with Crippen LogP contribution in [0.2, 0.25) is 0 Å². The Labute approximate surface area is 375 Å². The maximum atomic E-state index is 5.18. The van der Waals surface area contributed by atoms with E-state index in [1.165, 1.54) is 49.2 Å². The number of hydrogen-bond acceptors (Lipinski definition) is 2. The number of hydrogen-bond donors (Lipinski definition) is 0. The molecule has 13 rings (SSSR count). The number of pyridine rings is 1. The Hall–Kier alpha value is -8.80. The fourth-order valence-corrected chi connectivity index (χ4v) is 9.79. The molecule has 4 heterocycles. The van der Waals surface area contributed by atoms with Crippen LogP contribution >= 0.6 is 0 Å². The minimum absolute atomic E-state index is 0.913. The summed E-state index contributed by atoms with van der Waals surface area (Å²) in [6.07, 6.45) is 4.12. The highest BCUT2D eigenvalue weighted by Crippen LogP contribution is 2.45. The number of aromatic nitrogens is 5. The van der Waals surface area contributed by atoms with Gasteiger partial charge in [-0.05, 0) is 123 Å². The summed E-state index contributed by atoms with van der Waals surface area (Å²) in [5, 5.41) is 6.07. The molecule has 65 heavy (non-hydrogen) atoms. The lowest BCUT2D eigenvalue weighted by Gasteiger charge is -2.15. The molecule has 0 spiro atoms. The van der Waals surface area contributed by atoms with Gasteiger partial charge in [0.25, 0.3) is 0 Å². The van der Waals surface area contributed by atoms with E-state index in [1.807, 2.05) is 24.4 Å². The number of para-hydroxylation sites is 3. The average Bonchev–Trinajstić information content (AvgIpc) is 4.09. The molecule has 4 aromatic heterocycles. The Bertz CT molecular complexity index is 3870. The van der Waals surface area contributed by atoms with Gasteiger partial charge in [0.1, 0.15) is 11.5 Å². The molecule has 0 aliphatic rings. The third-order valence-corrected chi connectivity index (χ3v) is 12.9. The summed E-state index contributed by atoms with van der Waals surface area (Å²) in [5.41, 5.74) is 16.5. The van der Waals surface area contributed by atoms with Gasteiger partial charge < -0.3 is 8.97 Å². The Balaban J connectivity index is 0.968. The monoisotopic (exact) mass is 829 g/mol. The van der Waals surface area contributed by atoms with Crippen molar-refractivity contribution in [2.24, 2.45) is 0 Å². The smallest absolute Gasteiger partial charge is 0.145 e. The molecule has 0 fully saturated rings. The predicted molar refractivity (Wildman–Crippen MR) is 269 cm³/mol.